The number of carbonyl (C=O) groups excluding carboxylic acids is 2. The van der Waals surface area contributed by atoms with E-state index in [1.165, 1.54) is 18.7 Å². The summed E-state index contributed by atoms with van der Waals surface area (Å²) in [6, 6.07) is 9.38. The molecule has 4 nitrogen and oxygen atoms in total. The van der Waals surface area contributed by atoms with Gasteiger partial charge in [0.1, 0.15) is 6.61 Å². The molecule has 0 aliphatic carbocycles. The van der Waals surface area contributed by atoms with Gasteiger partial charge in [0.2, 0.25) is 0 Å². The molecule has 1 atom stereocenters. The van der Waals surface area contributed by atoms with E-state index >= 15 is 0 Å². The van der Waals surface area contributed by atoms with Gasteiger partial charge in [0.15, 0.2) is 5.12 Å². The summed E-state index contributed by atoms with van der Waals surface area (Å²) in [7, 11) is 0. The van der Waals surface area contributed by atoms with Crippen molar-refractivity contribution in [3.8, 4) is 0 Å². The van der Waals surface area contributed by atoms with Gasteiger partial charge >= 0.3 is 6.09 Å². The van der Waals surface area contributed by atoms with Crippen molar-refractivity contribution in [2.24, 2.45) is 0 Å². The van der Waals surface area contributed by atoms with Crippen LogP contribution in [0.1, 0.15) is 19.4 Å². The maximum absolute atomic E-state index is 11.4. The molecule has 0 aliphatic heterocycles. The van der Waals surface area contributed by atoms with Crippen molar-refractivity contribution in [1.29, 1.82) is 0 Å². The highest BCUT2D eigenvalue weighted by Gasteiger charge is 2.09. The average Bonchev–Trinajstić information content (AvgIpc) is 2.35. The zero-order valence-electron chi connectivity index (χ0n) is 10.5. The Morgan fingerprint density at radius 1 is 1.33 bits per heavy atom. The van der Waals surface area contributed by atoms with Crippen LogP contribution in [0, 0.1) is 0 Å². The van der Waals surface area contributed by atoms with Gasteiger partial charge in [-0.05, 0) is 12.5 Å². The van der Waals surface area contributed by atoms with Crippen LogP contribution in [0.2, 0.25) is 0 Å². The fourth-order valence-electron chi connectivity index (χ4n) is 1.25. The summed E-state index contributed by atoms with van der Waals surface area (Å²) >= 11 is 1.19. The summed E-state index contributed by atoms with van der Waals surface area (Å²) in [4.78, 5) is 22.2. The maximum Gasteiger partial charge on any atom is 0.407 e. The minimum Gasteiger partial charge on any atom is -0.445 e. The summed E-state index contributed by atoms with van der Waals surface area (Å²) in [6.07, 6.45) is -0.462. The second-order valence-corrected chi connectivity index (χ2v) is 5.11. The normalized spacial score (nSPS) is 11.7. The lowest BCUT2D eigenvalue weighted by atomic mass is 10.2. The van der Waals surface area contributed by atoms with Crippen molar-refractivity contribution in [2.45, 2.75) is 26.5 Å². The van der Waals surface area contributed by atoms with Crippen molar-refractivity contribution < 1.29 is 14.3 Å². The molecule has 0 saturated heterocycles. The van der Waals surface area contributed by atoms with Gasteiger partial charge in [-0.1, -0.05) is 42.1 Å². The number of rotatable bonds is 5. The van der Waals surface area contributed by atoms with Crippen LogP contribution < -0.4 is 5.32 Å². The zero-order valence-corrected chi connectivity index (χ0v) is 11.3. The minimum absolute atomic E-state index is 0.0429. The number of thioether (sulfide) groups is 1. The van der Waals surface area contributed by atoms with E-state index in [1.807, 2.05) is 37.3 Å². The van der Waals surface area contributed by atoms with Gasteiger partial charge in [0.25, 0.3) is 0 Å². The van der Waals surface area contributed by atoms with E-state index in [2.05, 4.69) is 5.32 Å². The molecular formula is C13H17NO3S. The lowest BCUT2D eigenvalue weighted by Crippen LogP contribution is -2.34. The van der Waals surface area contributed by atoms with E-state index < -0.39 is 6.09 Å². The van der Waals surface area contributed by atoms with Gasteiger partial charge < -0.3 is 10.1 Å². The van der Waals surface area contributed by atoms with Gasteiger partial charge in [0.05, 0.1) is 0 Å². The van der Waals surface area contributed by atoms with Gasteiger partial charge in [0, 0.05) is 18.7 Å². The van der Waals surface area contributed by atoms with E-state index in [-0.39, 0.29) is 17.8 Å². The number of amides is 1. The highest BCUT2D eigenvalue weighted by atomic mass is 32.2. The highest BCUT2D eigenvalue weighted by Crippen LogP contribution is 2.04. The Balaban J connectivity index is 2.23. The SMILES string of the molecule is CC(=O)SC[C@@H](C)NC(=O)OCc1ccccc1. The molecule has 5 heteroatoms. The molecule has 0 aromatic heterocycles. The summed E-state index contributed by atoms with van der Waals surface area (Å²) in [5, 5.41) is 2.71. The number of alkyl carbamates (subject to hydrolysis) is 1. The van der Waals surface area contributed by atoms with Crippen molar-refractivity contribution in [3.63, 3.8) is 0 Å². The molecule has 0 unspecified atom stereocenters. The zero-order chi connectivity index (χ0) is 13.4. The van der Waals surface area contributed by atoms with E-state index in [9.17, 15) is 9.59 Å². The molecule has 1 N–H and O–H groups in total. The van der Waals surface area contributed by atoms with Crippen LogP contribution in [0.4, 0.5) is 4.79 Å². The molecule has 1 aromatic rings. The first kappa shape index (κ1) is 14.6. The van der Waals surface area contributed by atoms with Gasteiger partial charge in [-0.25, -0.2) is 4.79 Å². The first-order valence-electron chi connectivity index (χ1n) is 5.68. The van der Waals surface area contributed by atoms with Crippen LogP contribution >= 0.6 is 11.8 Å². The fraction of sp³-hybridized carbons (Fsp3) is 0.385. The molecule has 1 amide bonds. The Labute approximate surface area is 111 Å². The molecule has 1 aromatic carbocycles. The predicted molar refractivity (Wildman–Crippen MR) is 72.4 cm³/mol. The first-order chi connectivity index (χ1) is 8.58. The third-order valence-electron chi connectivity index (χ3n) is 2.11. The Hall–Kier alpha value is -1.49. The first-order valence-corrected chi connectivity index (χ1v) is 6.67. The number of nitrogens with one attached hydrogen (secondary N) is 1. The highest BCUT2D eigenvalue weighted by molar-refractivity contribution is 8.13. The molecule has 18 heavy (non-hydrogen) atoms. The molecule has 1 rings (SSSR count). The topological polar surface area (TPSA) is 55.4 Å². The monoisotopic (exact) mass is 267 g/mol. The van der Waals surface area contributed by atoms with Crippen LogP contribution in [0.25, 0.3) is 0 Å². The molecule has 0 radical (unpaired) electrons. The third-order valence-corrected chi connectivity index (χ3v) is 3.19. The Morgan fingerprint density at radius 3 is 2.61 bits per heavy atom. The largest absolute Gasteiger partial charge is 0.445 e. The minimum atomic E-state index is -0.462. The summed E-state index contributed by atoms with van der Waals surface area (Å²) < 4.78 is 5.06. The van der Waals surface area contributed by atoms with E-state index in [1.54, 1.807) is 0 Å². The van der Waals surface area contributed by atoms with Crippen molar-refractivity contribution in [2.75, 3.05) is 5.75 Å². The Bertz CT molecular complexity index is 394. The van der Waals surface area contributed by atoms with Crippen LogP contribution in [0.5, 0.6) is 0 Å². The van der Waals surface area contributed by atoms with Crippen molar-refractivity contribution in [1.82, 2.24) is 5.32 Å². The Kier molecular flexibility index (Phi) is 6.28. The van der Waals surface area contributed by atoms with Crippen LogP contribution in [-0.2, 0) is 16.1 Å². The molecule has 98 valence electrons. The number of hydrogen-bond acceptors (Lipinski definition) is 4. The van der Waals surface area contributed by atoms with Crippen molar-refractivity contribution in [3.05, 3.63) is 35.9 Å². The summed E-state index contributed by atoms with van der Waals surface area (Å²) in [6.45, 7) is 3.59. The average molecular weight is 267 g/mol. The molecule has 0 fully saturated rings. The second kappa shape index (κ2) is 7.76. The molecule has 0 bridgehead atoms. The van der Waals surface area contributed by atoms with Crippen LogP contribution in [0.3, 0.4) is 0 Å². The predicted octanol–water partition coefficient (Wildman–Crippen LogP) is 2.58. The summed E-state index contributed by atoms with van der Waals surface area (Å²) in [5.74, 6) is 0.551. The molecule has 0 aliphatic rings. The van der Waals surface area contributed by atoms with E-state index in [0.717, 1.165) is 5.56 Å². The van der Waals surface area contributed by atoms with Gasteiger partial charge in [-0.15, -0.1) is 0 Å². The number of hydrogen-bond donors (Lipinski definition) is 1. The maximum atomic E-state index is 11.4. The fourth-order valence-corrected chi connectivity index (χ4v) is 1.82. The Morgan fingerprint density at radius 2 is 2.00 bits per heavy atom. The third kappa shape index (κ3) is 6.30. The van der Waals surface area contributed by atoms with Crippen LogP contribution in [0.15, 0.2) is 30.3 Å². The smallest absolute Gasteiger partial charge is 0.407 e. The summed E-state index contributed by atoms with van der Waals surface area (Å²) in [5.41, 5.74) is 0.943. The van der Waals surface area contributed by atoms with E-state index in [0.29, 0.717) is 5.75 Å². The molecular weight excluding hydrogens is 250 g/mol. The van der Waals surface area contributed by atoms with Crippen molar-refractivity contribution >= 4 is 23.0 Å². The molecule has 0 heterocycles. The van der Waals surface area contributed by atoms with Gasteiger partial charge in [-0.2, -0.15) is 0 Å². The standard InChI is InChI=1S/C13H17NO3S/c1-10(9-18-11(2)15)14-13(16)17-8-12-6-4-3-5-7-12/h3-7,10H,8-9H2,1-2H3,(H,14,16)/t10-/m1/s1. The lowest BCUT2D eigenvalue weighted by Gasteiger charge is -2.12. The quantitative estimate of drug-likeness (QED) is 0.891. The molecule has 0 saturated carbocycles. The van der Waals surface area contributed by atoms with E-state index in [4.69, 9.17) is 4.74 Å². The number of ether oxygens (including phenoxy) is 1. The number of benzene rings is 1. The van der Waals surface area contributed by atoms with Gasteiger partial charge in [-0.3, -0.25) is 4.79 Å². The van der Waals surface area contributed by atoms with Crippen LogP contribution in [-0.4, -0.2) is 23.0 Å². The molecule has 0 spiro atoms. The second-order valence-electron chi connectivity index (χ2n) is 3.91. The lowest BCUT2D eigenvalue weighted by molar-refractivity contribution is -0.109. The number of carbonyl (C=O) groups is 2.